The standard InChI is InChI=1S/C15H9F3N2OS/c16-15(17,18)10-7-5-9(6-8-10)13(21)20-14-19-11-3-1-2-4-12(11)22-14/h1-8H,(H,19,20,21). The number of amides is 1. The number of carbonyl (C=O) groups is 1. The first-order valence-electron chi connectivity index (χ1n) is 6.28. The van der Waals surface area contributed by atoms with Gasteiger partial charge in [-0.3, -0.25) is 10.1 Å². The Balaban J connectivity index is 1.79. The zero-order valence-electron chi connectivity index (χ0n) is 11.0. The number of carbonyl (C=O) groups excluding carboxylic acids is 1. The molecule has 7 heteroatoms. The van der Waals surface area contributed by atoms with Gasteiger partial charge in [-0.1, -0.05) is 23.5 Å². The van der Waals surface area contributed by atoms with Crippen molar-refractivity contribution in [3.63, 3.8) is 0 Å². The van der Waals surface area contributed by atoms with Crippen molar-refractivity contribution in [1.29, 1.82) is 0 Å². The lowest BCUT2D eigenvalue weighted by Crippen LogP contribution is -2.12. The van der Waals surface area contributed by atoms with E-state index >= 15 is 0 Å². The lowest BCUT2D eigenvalue weighted by atomic mass is 10.1. The summed E-state index contributed by atoms with van der Waals surface area (Å²) >= 11 is 1.30. The Morgan fingerprint density at radius 2 is 1.73 bits per heavy atom. The number of rotatable bonds is 2. The van der Waals surface area contributed by atoms with Crippen LogP contribution in [0.5, 0.6) is 0 Å². The topological polar surface area (TPSA) is 42.0 Å². The number of para-hydroxylation sites is 1. The zero-order chi connectivity index (χ0) is 15.7. The van der Waals surface area contributed by atoms with Crippen molar-refractivity contribution >= 4 is 32.6 Å². The van der Waals surface area contributed by atoms with E-state index in [0.717, 1.165) is 34.5 Å². The Hall–Kier alpha value is -2.41. The minimum absolute atomic E-state index is 0.146. The van der Waals surface area contributed by atoms with E-state index in [9.17, 15) is 18.0 Å². The van der Waals surface area contributed by atoms with E-state index in [1.165, 1.54) is 11.3 Å². The number of hydrogen-bond donors (Lipinski definition) is 1. The molecule has 1 amide bonds. The molecule has 0 atom stereocenters. The maximum Gasteiger partial charge on any atom is 0.416 e. The molecule has 1 N–H and O–H groups in total. The summed E-state index contributed by atoms with van der Waals surface area (Å²) in [4.78, 5) is 16.3. The third-order valence-corrected chi connectivity index (χ3v) is 3.94. The summed E-state index contributed by atoms with van der Waals surface area (Å²) in [6, 6.07) is 11.4. The fourth-order valence-corrected chi connectivity index (χ4v) is 2.77. The lowest BCUT2D eigenvalue weighted by Gasteiger charge is -2.07. The van der Waals surface area contributed by atoms with Crippen LogP contribution >= 0.6 is 11.3 Å². The van der Waals surface area contributed by atoms with Crippen LogP contribution in [0.1, 0.15) is 15.9 Å². The molecule has 1 heterocycles. The van der Waals surface area contributed by atoms with Crippen molar-refractivity contribution in [2.24, 2.45) is 0 Å². The average Bonchev–Trinajstić information content (AvgIpc) is 2.88. The summed E-state index contributed by atoms with van der Waals surface area (Å²) in [7, 11) is 0. The van der Waals surface area contributed by atoms with Gasteiger partial charge in [0.25, 0.3) is 5.91 Å². The Kier molecular flexibility index (Phi) is 3.58. The molecule has 112 valence electrons. The highest BCUT2D eigenvalue weighted by Crippen LogP contribution is 2.29. The van der Waals surface area contributed by atoms with E-state index < -0.39 is 17.6 Å². The SMILES string of the molecule is O=C(Nc1nc2ccccc2s1)c1ccc(C(F)(F)F)cc1. The molecule has 0 unspecified atom stereocenters. The minimum atomic E-state index is -4.41. The first kappa shape index (κ1) is 14.5. The molecule has 0 aliphatic heterocycles. The van der Waals surface area contributed by atoms with Gasteiger partial charge in [-0.2, -0.15) is 13.2 Å². The van der Waals surface area contributed by atoms with Gasteiger partial charge in [0.1, 0.15) is 0 Å². The van der Waals surface area contributed by atoms with E-state index in [4.69, 9.17) is 0 Å². The summed E-state index contributed by atoms with van der Waals surface area (Å²) in [5.41, 5.74) is 0.117. The second kappa shape index (κ2) is 5.42. The van der Waals surface area contributed by atoms with Gasteiger partial charge < -0.3 is 0 Å². The number of alkyl halides is 3. The number of hydrogen-bond acceptors (Lipinski definition) is 3. The molecule has 3 rings (SSSR count). The Labute approximate surface area is 127 Å². The molecule has 0 radical (unpaired) electrons. The highest BCUT2D eigenvalue weighted by molar-refractivity contribution is 7.22. The summed E-state index contributed by atoms with van der Waals surface area (Å²) in [5, 5.41) is 3.00. The number of nitrogens with zero attached hydrogens (tertiary/aromatic N) is 1. The van der Waals surface area contributed by atoms with Crippen LogP contribution in [-0.4, -0.2) is 10.9 Å². The number of fused-ring (bicyclic) bond motifs is 1. The van der Waals surface area contributed by atoms with Gasteiger partial charge >= 0.3 is 6.18 Å². The fraction of sp³-hybridized carbons (Fsp3) is 0.0667. The quantitative estimate of drug-likeness (QED) is 0.751. The third kappa shape index (κ3) is 2.94. The molecule has 0 fully saturated rings. The number of thiazole rings is 1. The molecule has 0 saturated heterocycles. The average molecular weight is 322 g/mol. The van der Waals surface area contributed by atoms with Crippen LogP contribution in [0, 0.1) is 0 Å². The van der Waals surface area contributed by atoms with Crippen molar-refractivity contribution in [3.05, 3.63) is 59.7 Å². The predicted molar refractivity (Wildman–Crippen MR) is 79.0 cm³/mol. The molecule has 0 aliphatic carbocycles. The molecule has 0 bridgehead atoms. The van der Waals surface area contributed by atoms with Crippen molar-refractivity contribution in [3.8, 4) is 0 Å². The van der Waals surface area contributed by atoms with Crippen LogP contribution in [0.25, 0.3) is 10.2 Å². The predicted octanol–water partition coefficient (Wildman–Crippen LogP) is 4.57. The molecule has 0 aliphatic rings. The molecular formula is C15H9F3N2OS. The number of benzene rings is 2. The number of anilines is 1. The number of halogens is 3. The summed E-state index contributed by atoms with van der Waals surface area (Å²) in [6.45, 7) is 0. The van der Waals surface area contributed by atoms with Crippen molar-refractivity contribution in [2.75, 3.05) is 5.32 Å². The molecule has 1 aromatic heterocycles. The van der Waals surface area contributed by atoms with Gasteiger partial charge in [-0.25, -0.2) is 4.98 Å². The van der Waals surface area contributed by atoms with Crippen LogP contribution < -0.4 is 5.32 Å². The van der Waals surface area contributed by atoms with E-state index in [1.54, 1.807) is 0 Å². The summed E-state index contributed by atoms with van der Waals surface area (Å²) in [5.74, 6) is -0.493. The van der Waals surface area contributed by atoms with Crippen molar-refractivity contribution < 1.29 is 18.0 Å². The van der Waals surface area contributed by atoms with Crippen LogP contribution in [0.2, 0.25) is 0 Å². The van der Waals surface area contributed by atoms with E-state index in [0.29, 0.717) is 5.13 Å². The Bertz CT molecular complexity index is 792. The smallest absolute Gasteiger partial charge is 0.298 e. The molecular weight excluding hydrogens is 313 g/mol. The second-order valence-electron chi connectivity index (χ2n) is 4.52. The molecule has 22 heavy (non-hydrogen) atoms. The van der Waals surface area contributed by atoms with Gasteiger partial charge in [0.05, 0.1) is 15.8 Å². The largest absolute Gasteiger partial charge is 0.416 e. The number of nitrogens with one attached hydrogen (secondary N) is 1. The molecule has 2 aromatic carbocycles. The molecule has 0 saturated carbocycles. The number of aromatic nitrogens is 1. The van der Waals surface area contributed by atoms with Gasteiger partial charge in [-0.05, 0) is 36.4 Å². The maximum atomic E-state index is 12.5. The third-order valence-electron chi connectivity index (χ3n) is 2.99. The van der Waals surface area contributed by atoms with E-state index in [-0.39, 0.29) is 5.56 Å². The first-order valence-corrected chi connectivity index (χ1v) is 7.09. The normalized spacial score (nSPS) is 11.6. The van der Waals surface area contributed by atoms with E-state index in [1.807, 2.05) is 24.3 Å². The van der Waals surface area contributed by atoms with Gasteiger partial charge in [-0.15, -0.1) is 0 Å². The maximum absolute atomic E-state index is 12.5. The summed E-state index contributed by atoms with van der Waals surface area (Å²) in [6.07, 6.45) is -4.41. The second-order valence-corrected chi connectivity index (χ2v) is 5.55. The first-order chi connectivity index (χ1) is 10.4. The fourth-order valence-electron chi connectivity index (χ4n) is 1.91. The van der Waals surface area contributed by atoms with Gasteiger partial charge in [0.15, 0.2) is 5.13 Å². The van der Waals surface area contributed by atoms with Crippen LogP contribution in [0.15, 0.2) is 48.5 Å². The highest BCUT2D eigenvalue weighted by Gasteiger charge is 2.30. The van der Waals surface area contributed by atoms with Crippen molar-refractivity contribution in [1.82, 2.24) is 4.98 Å². The van der Waals surface area contributed by atoms with Crippen LogP contribution in [0.3, 0.4) is 0 Å². The van der Waals surface area contributed by atoms with Gasteiger partial charge in [0, 0.05) is 5.56 Å². The lowest BCUT2D eigenvalue weighted by molar-refractivity contribution is -0.137. The molecule has 3 nitrogen and oxygen atoms in total. The highest BCUT2D eigenvalue weighted by atomic mass is 32.1. The molecule has 0 spiro atoms. The molecule has 3 aromatic rings. The van der Waals surface area contributed by atoms with Crippen LogP contribution in [-0.2, 0) is 6.18 Å². The zero-order valence-corrected chi connectivity index (χ0v) is 11.8. The van der Waals surface area contributed by atoms with E-state index in [2.05, 4.69) is 10.3 Å². The van der Waals surface area contributed by atoms with Crippen LogP contribution in [0.4, 0.5) is 18.3 Å². The monoisotopic (exact) mass is 322 g/mol. The Morgan fingerprint density at radius 1 is 1.05 bits per heavy atom. The minimum Gasteiger partial charge on any atom is -0.298 e. The van der Waals surface area contributed by atoms with Crippen molar-refractivity contribution in [2.45, 2.75) is 6.18 Å². The summed E-state index contributed by atoms with van der Waals surface area (Å²) < 4.78 is 38.4. The van der Waals surface area contributed by atoms with Gasteiger partial charge in [0.2, 0.25) is 0 Å². The Morgan fingerprint density at radius 3 is 2.36 bits per heavy atom.